The number of aromatic nitrogens is 1. The van der Waals surface area contributed by atoms with Gasteiger partial charge in [-0.3, -0.25) is 0 Å². The van der Waals surface area contributed by atoms with E-state index in [4.69, 9.17) is 0 Å². The summed E-state index contributed by atoms with van der Waals surface area (Å²) >= 11 is 0. The van der Waals surface area contributed by atoms with Gasteiger partial charge >= 0.3 is 6.18 Å². The number of piperidine rings is 1. The van der Waals surface area contributed by atoms with E-state index in [0.717, 1.165) is 11.5 Å². The first kappa shape index (κ1) is 18.3. The van der Waals surface area contributed by atoms with E-state index in [2.05, 4.69) is 4.98 Å². The molecule has 1 N–H and O–H groups in total. The minimum atomic E-state index is -4.42. The molecule has 1 fully saturated rings. The van der Waals surface area contributed by atoms with E-state index < -0.39 is 27.3 Å². The normalized spacial score (nSPS) is 22.4. The second-order valence-electron chi connectivity index (χ2n) is 7.34. The molecule has 25 heavy (non-hydrogen) atoms. The van der Waals surface area contributed by atoms with Crippen LogP contribution in [-0.4, -0.2) is 36.0 Å². The van der Waals surface area contributed by atoms with Gasteiger partial charge in [0.1, 0.15) is 0 Å². The first-order valence-corrected chi connectivity index (χ1v) is 9.90. The van der Waals surface area contributed by atoms with Crippen LogP contribution in [0.3, 0.4) is 0 Å². The first-order chi connectivity index (χ1) is 11.4. The Kier molecular flexibility index (Phi) is 4.19. The van der Waals surface area contributed by atoms with Gasteiger partial charge < -0.3 is 4.98 Å². The van der Waals surface area contributed by atoms with Crippen molar-refractivity contribution in [2.45, 2.75) is 44.3 Å². The van der Waals surface area contributed by atoms with E-state index in [9.17, 15) is 21.6 Å². The van der Waals surface area contributed by atoms with Crippen molar-refractivity contribution in [2.24, 2.45) is 0 Å². The SMILES string of the molecule is CC1(C)CC(c2cc(C(F)(F)F)cc3[nH]ccc23)CCN1S(C)(=O)=O. The Hall–Kier alpha value is -1.54. The molecule has 0 aliphatic carbocycles. The summed E-state index contributed by atoms with van der Waals surface area (Å²) in [6, 6.07) is 4.11. The summed E-state index contributed by atoms with van der Waals surface area (Å²) in [6.45, 7) is 3.95. The molecule has 138 valence electrons. The van der Waals surface area contributed by atoms with Crippen molar-refractivity contribution in [2.75, 3.05) is 12.8 Å². The summed E-state index contributed by atoms with van der Waals surface area (Å²) in [6.07, 6.45) is -0.647. The number of nitrogens with one attached hydrogen (secondary N) is 1. The zero-order valence-corrected chi connectivity index (χ0v) is 15.1. The van der Waals surface area contributed by atoms with Crippen molar-refractivity contribution in [1.82, 2.24) is 9.29 Å². The second kappa shape index (κ2) is 5.74. The molecule has 0 amide bonds. The van der Waals surface area contributed by atoms with Crippen LogP contribution in [-0.2, 0) is 16.2 Å². The van der Waals surface area contributed by atoms with Crippen LogP contribution in [0.2, 0.25) is 0 Å². The highest BCUT2D eigenvalue weighted by Gasteiger charge is 2.41. The molecule has 8 heteroatoms. The number of halogens is 3. The fraction of sp³-hybridized carbons (Fsp3) is 0.529. The van der Waals surface area contributed by atoms with Gasteiger partial charge in [-0.05, 0) is 56.4 Å². The lowest BCUT2D eigenvalue weighted by Gasteiger charge is -2.44. The van der Waals surface area contributed by atoms with Gasteiger partial charge in [0.05, 0.1) is 11.8 Å². The number of rotatable bonds is 2. The van der Waals surface area contributed by atoms with E-state index >= 15 is 0 Å². The Bertz CT molecular complexity index is 900. The minimum absolute atomic E-state index is 0.131. The molecular formula is C17H21F3N2O2S. The number of hydrogen-bond donors (Lipinski definition) is 1. The van der Waals surface area contributed by atoms with Gasteiger partial charge in [0.25, 0.3) is 0 Å². The average Bonchev–Trinajstić information content (AvgIpc) is 2.90. The Labute approximate surface area is 145 Å². The molecule has 0 saturated carbocycles. The lowest BCUT2D eigenvalue weighted by Crippen LogP contribution is -2.51. The molecule has 0 radical (unpaired) electrons. The zero-order valence-electron chi connectivity index (χ0n) is 14.3. The van der Waals surface area contributed by atoms with Crippen LogP contribution in [0.5, 0.6) is 0 Å². The molecule has 4 nitrogen and oxygen atoms in total. The molecule has 1 saturated heterocycles. The van der Waals surface area contributed by atoms with Crippen LogP contribution in [0.25, 0.3) is 10.9 Å². The molecule has 2 aromatic rings. The number of fused-ring (bicyclic) bond motifs is 1. The predicted molar refractivity (Wildman–Crippen MR) is 90.9 cm³/mol. The molecule has 1 atom stereocenters. The van der Waals surface area contributed by atoms with Crippen molar-refractivity contribution < 1.29 is 21.6 Å². The molecule has 3 rings (SSSR count). The summed E-state index contributed by atoms with van der Waals surface area (Å²) in [5.41, 5.74) is -0.242. The van der Waals surface area contributed by atoms with E-state index in [-0.39, 0.29) is 5.92 Å². The van der Waals surface area contributed by atoms with Crippen molar-refractivity contribution in [3.63, 3.8) is 0 Å². The van der Waals surface area contributed by atoms with Crippen LogP contribution in [0.4, 0.5) is 13.2 Å². The largest absolute Gasteiger partial charge is 0.416 e. The van der Waals surface area contributed by atoms with Crippen LogP contribution >= 0.6 is 0 Å². The highest BCUT2D eigenvalue weighted by atomic mass is 32.2. The summed E-state index contributed by atoms with van der Waals surface area (Å²) < 4.78 is 65.1. The molecule has 0 spiro atoms. The summed E-state index contributed by atoms with van der Waals surface area (Å²) in [5.74, 6) is -0.131. The molecule has 1 unspecified atom stereocenters. The Balaban J connectivity index is 2.04. The predicted octanol–water partition coefficient (Wildman–Crippen LogP) is 4.10. The average molecular weight is 374 g/mol. The summed E-state index contributed by atoms with van der Waals surface area (Å²) in [4.78, 5) is 2.86. The van der Waals surface area contributed by atoms with Crippen molar-refractivity contribution in [3.05, 3.63) is 35.5 Å². The molecule has 1 aliphatic heterocycles. The van der Waals surface area contributed by atoms with Gasteiger partial charge in [-0.15, -0.1) is 0 Å². The Morgan fingerprint density at radius 1 is 1.28 bits per heavy atom. The molecular weight excluding hydrogens is 353 g/mol. The van der Waals surface area contributed by atoms with E-state index in [0.29, 0.717) is 30.5 Å². The van der Waals surface area contributed by atoms with Crippen molar-refractivity contribution in [1.29, 1.82) is 0 Å². The third kappa shape index (κ3) is 3.42. The number of benzene rings is 1. The van der Waals surface area contributed by atoms with E-state index in [1.54, 1.807) is 12.3 Å². The molecule has 1 aromatic heterocycles. The maximum Gasteiger partial charge on any atom is 0.416 e. The van der Waals surface area contributed by atoms with Gasteiger partial charge in [0.15, 0.2) is 0 Å². The van der Waals surface area contributed by atoms with Gasteiger partial charge in [-0.2, -0.15) is 17.5 Å². The quantitative estimate of drug-likeness (QED) is 0.860. The number of hydrogen-bond acceptors (Lipinski definition) is 2. The maximum atomic E-state index is 13.2. The number of aromatic amines is 1. The Morgan fingerprint density at radius 2 is 1.96 bits per heavy atom. The lowest BCUT2D eigenvalue weighted by molar-refractivity contribution is -0.137. The van der Waals surface area contributed by atoms with Crippen LogP contribution in [0.15, 0.2) is 24.4 Å². The lowest BCUT2D eigenvalue weighted by atomic mass is 9.79. The second-order valence-corrected chi connectivity index (χ2v) is 9.25. The molecule has 1 aromatic carbocycles. The van der Waals surface area contributed by atoms with E-state index in [1.165, 1.54) is 16.6 Å². The fourth-order valence-corrected chi connectivity index (χ4v) is 5.37. The van der Waals surface area contributed by atoms with Crippen LogP contribution in [0.1, 0.15) is 43.7 Å². The van der Waals surface area contributed by atoms with Crippen LogP contribution in [0, 0.1) is 0 Å². The first-order valence-electron chi connectivity index (χ1n) is 8.06. The van der Waals surface area contributed by atoms with Crippen LogP contribution < -0.4 is 0 Å². The third-order valence-corrected chi connectivity index (χ3v) is 6.45. The van der Waals surface area contributed by atoms with Gasteiger partial charge in [0, 0.05) is 29.2 Å². The summed E-state index contributed by atoms with van der Waals surface area (Å²) in [5, 5.41) is 0.765. The standard InChI is InChI=1S/C17H21F3N2O2S/c1-16(2)10-11(5-7-22(16)25(3,23)24)14-8-12(17(18,19)20)9-15-13(14)4-6-21-15/h4,6,8-9,11,21H,5,7,10H2,1-3H3. The highest BCUT2D eigenvalue weighted by molar-refractivity contribution is 7.88. The van der Waals surface area contributed by atoms with Gasteiger partial charge in [0.2, 0.25) is 10.0 Å². The third-order valence-electron chi connectivity index (χ3n) is 4.97. The molecule has 2 heterocycles. The van der Waals surface area contributed by atoms with E-state index in [1.807, 2.05) is 13.8 Å². The zero-order chi connectivity index (χ0) is 18.6. The number of nitrogens with zero attached hydrogens (tertiary/aromatic N) is 1. The minimum Gasteiger partial charge on any atom is -0.361 e. The Morgan fingerprint density at radius 3 is 2.52 bits per heavy atom. The summed E-state index contributed by atoms with van der Waals surface area (Å²) in [7, 11) is -3.36. The highest BCUT2D eigenvalue weighted by Crippen LogP contribution is 2.43. The monoisotopic (exact) mass is 374 g/mol. The molecule has 0 bridgehead atoms. The van der Waals surface area contributed by atoms with Gasteiger partial charge in [-0.25, -0.2) is 8.42 Å². The molecule has 1 aliphatic rings. The fourth-order valence-electron chi connectivity index (χ4n) is 3.96. The van der Waals surface area contributed by atoms with Crippen molar-refractivity contribution in [3.8, 4) is 0 Å². The topological polar surface area (TPSA) is 53.2 Å². The number of H-pyrrole nitrogens is 1. The van der Waals surface area contributed by atoms with Crippen molar-refractivity contribution >= 4 is 20.9 Å². The van der Waals surface area contributed by atoms with Gasteiger partial charge in [-0.1, -0.05) is 0 Å². The smallest absolute Gasteiger partial charge is 0.361 e. The number of alkyl halides is 3. The number of sulfonamides is 1. The maximum absolute atomic E-state index is 13.2.